The molecular weight excluding hydrogens is 491 g/mol. The van der Waals surface area contributed by atoms with Crippen LogP contribution in [0.5, 0.6) is 0 Å². The number of nitrogens with one attached hydrogen (secondary N) is 2. The first-order chi connectivity index (χ1) is 17.7. The van der Waals surface area contributed by atoms with Gasteiger partial charge in [-0.2, -0.15) is 5.10 Å². The molecule has 0 aliphatic rings. The summed E-state index contributed by atoms with van der Waals surface area (Å²) >= 11 is 0. The largest absolute Gasteiger partial charge is 0.349 e. The Hall–Kier alpha value is -4.31. The molecule has 0 saturated carbocycles. The number of nitrogens with zero attached hydrogens (tertiary/aromatic N) is 4. The minimum Gasteiger partial charge on any atom is -0.349 e. The molecule has 0 fully saturated rings. The number of aromatic nitrogens is 4. The molecule has 10 heteroatoms. The first-order valence-corrected chi connectivity index (χ1v) is 13.5. The van der Waals surface area contributed by atoms with Crippen molar-refractivity contribution in [2.24, 2.45) is 7.05 Å². The highest BCUT2D eigenvalue weighted by molar-refractivity contribution is 7.91. The zero-order chi connectivity index (χ0) is 26.2. The monoisotopic (exact) mass is 516 g/mol. The summed E-state index contributed by atoms with van der Waals surface area (Å²) in [6, 6.07) is 19.0. The Morgan fingerprint density at radius 3 is 2.43 bits per heavy atom. The highest BCUT2D eigenvalue weighted by atomic mass is 32.2. The molecule has 0 aliphatic heterocycles. The van der Waals surface area contributed by atoms with Crippen molar-refractivity contribution in [3.05, 3.63) is 90.6 Å². The maximum absolute atomic E-state index is 13.8. The smallest absolute Gasteiger partial charge is 0.240 e. The van der Waals surface area contributed by atoms with E-state index in [0.29, 0.717) is 16.0 Å². The second kappa shape index (κ2) is 9.62. The molecule has 5 rings (SSSR count). The maximum Gasteiger partial charge on any atom is 0.240 e. The third-order valence-corrected chi connectivity index (χ3v) is 7.35. The number of fused-ring (bicyclic) bond motifs is 1. The van der Waals surface area contributed by atoms with Crippen LogP contribution in [-0.2, 0) is 34.7 Å². The van der Waals surface area contributed by atoms with Crippen molar-refractivity contribution in [1.29, 1.82) is 4.78 Å². The molecule has 0 saturated heterocycles. The van der Waals surface area contributed by atoms with E-state index in [1.54, 1.807) is 35.3 Å². The normalized spacial score (nSPS) is 12.9. The minimum absolute atomic E-state index is 0.0523. The highest BCUT2D eigenvalue weighted by Crippen LogP contribution is 2.28. The number of hydrogen-bond acceptors (Lipinski definition) is 5. The van der Waals surface area contributed by atoms with Gasteiger partial charge in [0.25, 0.3) is 0 Å². The molecule has 8 nitrogen and oxygen atoms in total. The fourth-order valence-electron chi connectivity index (χ4n) is 4.25. The van der Waals surface area contributed by atoms with Crippen LogP contribution in [0, 0.1) is 10.6 Å². The third kappa shape index (κ3) is 5.14. The van der Waals surface area contributed by atoms with Crippen LogP contribution in [0.15, 0.2) is 84.0 Å². The quantitative estimate of drug-likeness (QED) is 0.330. The average Bonchev–Trinajstić information content (AvgIpc) is 3.45. The van der Waals surface area contributed by atoms with Gasteiger partial charge in [0.05, 0.1) is 33.4 Å². The number of carbonyl (C=O) groups excluding carboxylic acids is 1. The lowest BCUT2D eigenvalue weighted by Gasteiger charge is -2.12. The van der Waals surface area contributed by atoms with Gasteiger partial charge in [0.15, 0.2) is 0 Å². The molecule has 0 bridgehead atoms. The topological polar surface area (TPSA) is 106 Å². The van der Waals surface area contributed by atoms with Gasteiger partial charge in [-0.15, -0.1) is 0 Å². The van der Waals surface area contributed by atoms with Gasteiger partial charge >= 0.3 is 0 Å². The van der Waals surface area contributed by atoms with Crippen molar-refractivity contribution in [2.75, 3.05) is 6.26 Å². The van der Waals surface area contributed by atoms with Crippen molar-refractivity contribution >= 4 is 26.5 Å². The van der Waals surface area contributed by atoms with Gasteiger partial charge in [0, 0.05) is 47.1 Å². The molecule has 5 aromatic rings. The summed E-state index contributed by atoms with van der Waals surface area (Å²) in [7, 11) is -0.935. The summed E-state index contributed by atoms with van der Waals surface area (Å²) in [6.45, 7) is 0.306. The fraction of sp³-hybridized carbons (Fsp3) is 0.148. The lowest BCUT2D eigenvalue weighted by molar-refractivity contribution is -0.121. The first-order valence-electron chi connectivity index (χ1n) is 11.5. The maximum atomic E-state index is 13.8. The summed E-state index contributed by atoms with van der Waals surface area (Å²) in [6.07, 6.45) is 4.79. The summed E-state index contributed by atoms with van der Waals surface area (Å²) < 4.78 is 37.0. The first kappa shape index (κ1) is 24.4. The van der Waals surface area contributed by atoms with Gasteiger partial charge in [-0.1, -0.05) is 18.2 Å². The molecule has 2 N–H and O–H groups in total. The van der Waals surface area contributed by atoms with Crippen molar-refractivity contribution < 1.29 is 13.4 Å². The molecule has 1 atom stereocenters. The molecular formula is C27H25FN6O2S. The lowest BCUT2D eigenvalue weighted by Crippen LogP contribution is -2.27. The Bertz CT molecular complexity index is 1700. The Balaban J connectivity index is 1.30. The number of hydrogen-bond donors (Lipinski definition) is 2. The zero-order valence-corrected chi connectivity index (χ0v) is 21.1. The number of amides is 1. The lowest BCUT2D eigenvalue weighted by atomic mass is 10.1. The van der Waals surface area contributed by atoms with Crippen LogP contribution in [0.4, 0.5) is 4.39 Å². The van der Waals surface area contributed by atoms with E-state index in [-0.39, 0.29) is 24.8 Å². The van der Waals surface area contributed by atoms with E-state index in [9.17, 15) is 13.4 Å². The van der Waals surface area contributed by atoms with Crippen molar-refractivity contribution in [3.8, 4) is 22.5 Å². The second-order valence-corrected chi connectivity index (χ2v) is 11.0. The number of carbonyl (C=O) groups is 1. The van der Waals surface area contributed by atoms with Crippen LogP contribution in [0.3, 0.4) is 0 Å². The van der Waals surface area contributed by atoms with E-state index >= 15 is 0 Å². The van der Waals surface area contributed by atoms with Gasteiger partial charge in [-0.05, 0) is 54.1 Å². The van der Waals surface area contributed by atoms with E-state index in [0.717, 1.165) is 28.0 Å². The molecule has 0 radical (unpaired) electrons. The van der Waals surface area contributed by atoms with Crippen molar-refractivity contribution in [3.63, 3.8) is 0 Å². The van der Waals surface area contributed by atoms with E-state index in [1.807, 2.05) is 48.0 Å². The van der Waals surface area contributed by atoms with Gasteiger partial charge in [0.1, 0.15) is 12.4 Å². The number of benzene rings is 2. The summed E-state index contributed by atoms with van der Waals surface area (Å²) in [5.74, 6) is -0.539. The van der Waals surface area contributed by atoms with Crippen LogP contribution in [-0.4, -0.2) is 35.7 Å². The third-order valence-electron chi connectivity index (χ3n) is 6.18. The van der Waals surface area contributed by atoms with E-state index < -0.39 is 9.73 Å². The molecule has 2 aromatic carbocycles. The standard InChI is InChI=1S/C27H25FN6O2S/c1-33-25(11-12-32-33)26-14-20-13-21(28)6-10-24(20)34(26)17-27(35)31-16-22-7-3-19(15-30-22)18-4-8-23(9-5-18)37(2,29)36/h3-15,29H,16-17H2,1-2H3,(H,31,35). The van der Waals surface area contributed by atoms with Crippen LogP contribution in [0.2, 0.25) is 0 Å². The minimum atomic E-state index is -2.75. The Kier molecular flexibility index (Phi) is 6.34. The fourth-order valence-corrected chi connectivity index (χ4v) is 4.90. The SMILES string of the molecule is Cn1nccc1-c1cc2cc(F)ccc2n1CC(=O)NCc1ccc(-c2ccc(S(C)(=N)=O)cc2)cn1. The summed E-state index contributed by atoms with van der Waals surface area (Å²) in [5, 5.41) is 7.84. The Morgan fingerprint density at radius 1 is 1.03 bits per heavy atom. The van der Waals surface area contributed by atoms with Crippen molar-refractivity contribution in [1.82, 2.24) is 24.6 Å². The van der Waals surface area contributed by atoms with Gasteiger partial charge in [0.2, 0.25) is 5.91 Å². The molecule has 0 aliphatic carbocycles. The van der Waals surface area contributed by atoms with Crippen LogP contribution in [0.25, 0.3) is 33.4 Å². The average molecular weight is 517 g/mol. The number of aryl methyl sites for hydroxylation is 1. The second-order valence-electron chi connectivity index (χ2n) is 8.84. The van der Waals surface area contributed by atoms with Crippen molar-refractivity contribution in [2.45, 2.75) is 18.0 Å². The van der Waals surface area contributed by atoms with E-state index in [4.69, 9.17) is 4.78 Å². The van der Waals surface area contributed by atoms with E-state index in [1.165, 1.54) is 18.4 Å². The highest BCUT2D eigenvalue weighted by Gasteiger charge is 2.16. The molecule has 188 valence electrons. The molecule has 0 spiro atoms. The predicted octanol–water partition coefficient (Wildman–Crippen LogP) is 4.59. The predicted molar refractivity (Wildman–Crippen MR) is 141 cm³/mol. The number of rotatable bonds is 7. The molecule has 37 heavy (non-hydrogen) atoms. The van der Waals surface area contributed by atoms with Crippen LogP contribution in [0.1, 0.15) is 5.69 Å². The van der Waals surface area contributed by atoms with Crippen LogP contribution >= 0.6 is 0 Å². The van der Waals surface area contributed by atoms with Crippen LogP contribution < -0.4 is 5.32 Å². The number of halogens is 1. The Labute approximate surface area is 213 Å². The van der Waals surface area contributed by atoms with E-state index in [2.05, 4.69) is 15.4 Å². The van der Waals surface area contributed by atoms with Gasteiger partial charge < -0.3 is 9.88 Å². The molecule has 3 heterocycles. The van der Waals surface area contributed by atoms with Gasteiger partial charge in [-0.25, -0.2) is 13.4 Å². The Morgan fingerprint density at radius 2 is 1.78 bits per heavy atom. The molecule has 3 aromatic heterocycles. The zero-order valence-electron chi connectivity index (χ0n) is 20.3. The molecule has 1 amide bonds. The number of pyridine rings is 1. The summed E-state index contributed by atoms with van der Waals surface area (Å²) in [5.41, 5.74) is 4.82. The molecule has 1 unspecified atom stereocenters. The summed E-state index contributed by atoms with van der Waals surface area (Å²) in [4.78, 5) is 17.8. The van der Waals surface area contributed by atoms with Gasteiger partial charge in [-0.3, -0.25) is 14.5 Å².